The predicted molar refractivity (Wildman–Crippen MR) is 94.5 cm³/mol. The molecule has 1 aliphatic rings. The van der Waals surface area contributed by atoms with Crippen molar-refractivity contribution in [1.82, 2.24) is 0 Å². The lowest BCUT2D eigenvalue weighted by Crippen LogP contribution is -2.20. The minimum Gasteiger partial charge on any atom is -0.495 e. The third kappa shape index (κ3) is 4.24. The van der Waals surface area contributed by atoms with E-state index in [-0.39, 0.29) is 10.6 Å². The molecule has 0 aliphatic carbocycles. The fraction of sp³-hybridized carbons (Fsp3) is 0.176. The van der Waals surface area contributed by atoms with Gasteiger partial charge in [0.15, 0.2) is 9.84 Å². The molecule has 9 heteroatoms. The molecule has 0 saturated heterocycles. The van der Waals surface area contributed by atoms with Gasteiger partial charge in [-0.2, -0.15) is 8.42 Å². The fourth-order valence-electron chi connectivity index (χ4n) is 2.36. The van der Waals surface area contributed by atoms with Crippen LogP contribution in [0.5, 0.6) is 17.2 Å². The minimum absolute atomic E-state index is 0.0308. The van der Waals surface area contributed by atoms with Crippen molar-refractivity contribution < 1.29 is 30.5 Å². The number of sulfone groups is 1. The molecule has 2 aromatic carbocycles. The van der Waals surface area contributed by atoms with Gasteiger partial charge in [0.05, 0.1) is 12.9 Å². The second-order valence-corrected chi connectivity index (χ2v) is 8.95. The molecule has 0 saturated carbocycles. The number of benzene rings is 2. The van der Waals surface area contributed by atoms with E-state index in [9.17, 15) is 16.8 Å². The van der Waals surface area contributed by atoms with Gasteiger partial charge >= 0.3 is 10.1 Å². The van der Waals surface area contributed by atoms with Gasteiger partial charge in [0.1, 0.15) is 28.2 Å². The maximum atomic E-state index is 12.5. The Bertz CT molecular complexity index is 1030. The molecule has 0 amide bonds. The molecule has 0 N–H and O–H groups in total. The van der Waals surface area contributed by atoms with Gasteiger partial charge in [-0.25, -0.2) is 8.42 Å². The zero-order valence-corrected chi connectivity index (χ0v) is 15.4. The molecule has 3 rings (SSSR count). The Labute approximate surface area is 151 Å². The maximum absolute atomic E-state index is 12.5. The Kier molecular flexibility index (Phi) is 5.03. The standard InChI is InChI=1S/C17H16O7S2/c1-22-16-11-14(23-13-5-3-2-4-6-13)7-8-17(16)26(20,21)24-15-9-10-25(18,19)12-15/h2-11,15H,12H2,1H3. The average Bonchev–Trinajstić information content (AvgIpc) is 2.93. The van der Waals surface area contributed by atoms with E-state index in [0.29, 0.717) is 11.5 Å². The molecular weight excluding hydrogens is 380 g/mol. The summed E-state index contributed by atoms with van der Waals surface area (Å²) in [5, 5.41) is 0.946. The lowest BCUT2D eigenvalue weighted by atomic mass is 10.3. The van der Waals surface area contributed by atoms with E-state index in [0.717, 1.165) is 5.41 Å². The highest BCUT2D eigenvalue weighted by molar-refractivity contribution is 7.94. The second kappa shape index (κ2) is 7.10. The Hall–Kier alpha value is -2.36. The molecule has 0 bridgehead atoms. The van der Waals surface area contributed by atoms with Gasteiger partial charge in [0.25, 0.3) is 0 Å². The molecule has 0 aromatic heterocycles. The maximum Gasteiger partial charge on any atom is 0.301 e. The van der Waals surface area contributed by atoms with Crippen molar-refractivity contribution in [3.8, 4) is 17.2 Å². The Balaban J connectivity index is 1.84. The van der Waals surface area contributed by atoms with Crippen molar-refractivity contribution in [1.29, 1.82) is 0 Å². The molecule has 0 spiro atoms. The molecular formula is C17H16O7S2. The molecule has 1 atom stereocenters. The Morgan fingerprint density at radius 1 is 1.04 bits per heavy atom. The monoisotopic (exact) mass is 396 g/mol. The van der Waals surface area contributed by atoms with Crippen molar-refractivity contribution in [3.05, 3.63) is 60.0 Å². The lowest BCUT2D eigenvalue weighted by Gasteiger charge is -2.14. The summed E-state index contributed by atoms with van der Waals surface area (Å²) in [5.41, 5.74) is 0. The summed E-state index contributed by atoms with van der Waals surface area (Å²) in [7, 11) is -6.33. The van der Waals surface area contributed by atoms with Crippen LogP contribution in [0.4, 0.5) is 0 Å². The summed E-state index contributed by atoms with van der Waals surface area (Å²) in [6.07, 6.45) is 0.140. The SMILES string of the molecule is COc1cc(Oc2ccccc2)ccc1S(=O)(=O)OC1C=CS(=O)(=O)C1. The van der Waals surface area contributed by atoms with Crippen LogP contribution in [0.1, 0.15) is 0 Å². The van der Waals surface area contributed by atoms with Crippen LogP contribution in [0.25, 0.3) is 0 Å². The van der Waals surface area contributed by atoms with Crippen LogP contribution in [0.3, 0.4) is 0 Å². The van der Waals surface area contributed by atoms with Crippen LogP contribution >= 0.6 is 0 Å². The minimum atomic E-state index is -4.22. The molecule has 1 aliphatic heterocycles. The largest absolute Gasteiger partial charge is 0.495 e. The van der Waals surface area contributed by atoms with Crippen LogP contribution in [-0.2, 0) is 24.1 Å². The topological polar surface area (TPSA) is 96.0 Å². The van der Waals surface area contributed by atoms with E-state index in [2.05, 4.69) is 0 Å². The number of hydrogen-bond acceptors (Lipinski definition) is 7. The van der Waals surface area contributed by atoms with E-state index in [1.54, 1.807) is 12.1 Å². The number of rotatable bonds is 6. The third-order valence-electron chi connectivity index (χ3n) is 3.53. The zero-order chi connectivity index (χ0) is 18.8. The summed E-state index contributed by atoms with van der Waals surface area (Å²) in [6, 6.07) is 13.2. The molecule has 7 nitrogen and oxygen atoms in total. The molecule has 1 unspecified atom stereocenters. The van der Waals surface area contributed by atoms with Gasteiger partial charge in [-0.3, -0.25) is 4.18 Å². The first-order chi connectivity index (χ1) is 12.3. The van der Waals surface area contributed by atoms with Crippen molar-refractivity contribution in [2.24, 2.45) is 0 Å². The first kappa shape index (κ1) is 18.4. The van der Waals surface area contributed by atoms with E-state index in [1.807, 2.05) is 18.2 Å². The first-order valence-electron chi connectivity index (χ1n) is 7.54. The van der Waals surface area contributed by atoms with Crippen LogP contribution in [0.2, 0.25) is 0 Å². The normalized spacial score (nSPS) is 18.6. The van der Waals surface area contributed by atoms with E-state index in [1.165, 1.54) is 31.4 Å². The Morgan fingerprint density at radius 2 is 1.77 bits per heavy atom. The van der Waals surface area contributed by atoms with E-state index >= 15 is 0 Å². The average molecular weight is 396 g/mol. The van der Waals surface area contributed by atoms with Crippen molar-refractivity contribution in [3.63, 3.8) is 0 Å². The highest BCUT2D eigenvalue weighted by Crippen LogP contribution is 2.32. The number of para-hydroxylation sites is 1. The van der Waals surface area contributed by atoms with Crippen LogP contribution in [0.15, 0.2) is 64.9 Å². The van der Waals surface area contributed by atoms with Crippen molar-refractivity contribution in [2.75, 3.05) is 12.9 Å². The first-order valence-corrected chi connectivity index (χ1v) is 10.7. The van der Waals surface area contributed by atoms with Gasteiger partial charge in [-0.1, -0.05) is 18.2 Å². The highest BCUT2D eigenvalue weighted by Gasteiger charge is 2.30. The lowest BCUT2D eigenvalue weighted by molar-refractivity contribution is 0.277. The smallest absolute Gasteiger partial charge is 0.301 e. The zero-order valence-electron chi connectivity index (χ0n) is 13.7. The van der Waals surface area contributed by atoms with E-state index < -0.39 is 31.8 Å². The van der Waals surface area contributed by atoms with Gasteiger partial charge in [0.2, 0.25) is 0 Å². The number of hydrogen-bond donors (Lipinski definition) is 0. The number of methoxy groups -OCH3 is 1. The molecule has 138 valence electrons. The predicted octanol–water partition coefficient (Wildman–Crippen LogP) is 2.50. The summed E-state index contributed by atoms with van der Waals surface area (Å²) >= 11 is 0. The molecule has 1 heterocycles. The van der Waals surface area contributed by atoms with Crippen molar-refractivity contribution >= 4 is 20.0 Å². The van der Waals surface area contributed by atoms with Gasteiger partial charge in [0, 0.05) is 11.5 Å². The fourth-order valence-corrected chi connectivity index (χ4v) is 4.80. The molecule has 26 heavy (non-hydrogen) atoms. The van der Waals surface area contributed by atoms with Gasteiger partial charge < -0.3 is 9.47 Å². The van der Waals surface area contributed by atoms with Crippen LogP contribution in [0, 0.1) is 0 Å². The van der Waals surface area contributed by atoms with E-state index in [4.69, 9.17) is 13.7 Å². The van der Waals surface area contributed by atoms with Crippen molar-refractivity contribution in [2.45, 2.75) is 11.0 Å². The summed E-state index contributed by atoms with van der Waals surface area (Å²) < 4.78 is 63.5. The number of ether oxygens (including phenoxy) is 2. The third-order valence-corrected chi connectivity index (χ3v) is 6.27. The summed E-state index contributed by atoms with van der Waals surface area (Å²) in [4.78, 5) is -0.210. The van der Waals surface area contributed by atoms with Gasteiger partial charge in [-0.05, 0) is 30.3 Å². The molecule has 0 radical (unpaired) electrons. The van der Waals surface area contributed by atoms with Crippen LogP contribution in [-0.4, -0.2) is 35.8 Å². The molecule has 0 fully saturated rings. The second-order valence-electron chi connectivity index (χ2n) is 5.47. The summed E-state index contributed by atoms with van der Waals surface area (Å²) in [6.45, 7) is 0. The quantitative estimate of drug-likeness (QED) is 0.692. The molecule has 2 aromatic rings. The van der Waals surface area contributed by atoms with Gasteiger partial charge in [-0.15, -0.1) is 0 Å². The Morgan fingerprint density at radius 3 is 2.38 bits per heavy atom. The van der Waals surface area contributed by atoms with Crippen LogP contribution < -0.4 is 9.47 Å². The summed E-state index contributed by atoms with van der Waals surface area (Å²) in [5.74, 6) is 0.588. The highest BCUT2D eigenvalue weighted by atomic mass is 32.2.